The normalized spacial score (nSPS) is 23.3. The summed E-state index contributed by atoms with van der Waals surface area (Å²) in [5.74, 6) is 0.0713. The summed E-state index contributed by atoms with van der Waals surface area (Å²) in [6, 6.07) is 6.39. The number of rotatable bonds is 7. The van der Waals surface area contributed by atoms with Gasteiger partial charge in [-0.25, -0.2) is 4.79 Å². The Kier molecular flexibility index (Phi) is 7.92. The van der Waals surface area contributed by atoms with E-state index in [-0.39, 0.29) is 24.3 Å². The molecule has 0 aliphatic carbocycles. The van der Waals surface area contributed by atoms with Gasteiger partial charge < -0.3 is 20.7 Å². The first-order valence-corrected chi connectivity index (χ1v) is 9.70. The number of anilines is 2. The Labute approximate surface area is 167 Å². The van der Waals surface area contributed by atoms with Crippen molar-refractivity contribution in [2.45, 2.75) is 58.0 Å². The second-order valence-electron chi connectivity index (χ2n) is 7.24. The topological polar surface area (TPSA) is 79.5 Å². The number of hydrogen-bond acceptors (Lipinski definition) is 5. The third-order valence-electron chi connectivity index (χ3n) is 5.22. The molecule has 2 aliphatic heterocycles. The predicted molar refractivity (Wildman–Crippen MR) is 110 cm³/mol. The van der Waals surface area contributed by atoms with Crippen molar-refractivity contribution in [2.75, 3.05) is 23.8 Å². The molecule has 0 spiro atoms. The molecule has 2 fully saturated rings. The van der Waals surface area contributed by atoms with Crippen molar-refractivity contribution >= 4 is 35.7 Å². The van der Waals surface area contributed by atoms with Crippen LogP contribution in [0.5, 0.6) is 0 Å². The maximum Gasteiger partial charge on any atom is 0.338 e. The molecule has 1 amide bonds. The van der Waals surface area contributed by atoms with Gasteiger partial charge in [0.1, 0.15) is 0 Å². The maximum absolute atomic E-state index is 12.6. The molecule has 2 heterocycles. The van der Waals surface area contributed by atoms with E-state index in [1.807, 2.05) is 13.0 Å². The van der Waals surface area contributed by atoms with Gasteiger partial charge in [-0.2, -0.15) is 0 Å². The molecule has 27 heavy (non-hydrogen) atoms. The number of hydrogen-bond donors (Lipinski definition) is 3. The Morgan fingerprint density at radius 2 is 1.85 bits per heavy atom. The van der Waals surface area contributed by atoms with Crippen LogP contribution >= 0.6 is 12.4 Å². The van der Waals surface area contributed by atoms with Crippen molar-refractivity contribution in [3.05, 3.63) is 23.8 Å². The highest BCUT2D eigenvalue weighted by Crippen LogP contribution is 2.33. The van der Waals surface area contributed by atoms with E-state index >= 15 is 0 Å². The van der Waals surface area contributed by atoms with Gasteiger partial charge in [-0.1, -0.05) is 0 Å². The number of fused-ring (bicyclic) bond motifs is 2. The highest BCUT2D eigenvalue weighted by atomic mass is 35.5. The molecular weight excluding hydrogens is 366 g/mol. The molecule has 0 radical (unpaired) electrons. The lowest BCUT2D eigenvalue weighted by molar-refractivity contribution is -0.117. The van der Waals surface area contributed by atoms with Crippen LogP contribution in [0.25, 0.3) is 0 Å². The van der Waals surface area contributed by atoms with Crippen molar-refractivity contribution < 1.29 is 14.3 Å². The molecule has 150 valence electrons. The van der Waals surface area contributed by atoms with Crippen LogP contribution in [0, 0.1) is 5.92 Å². The second-order valence-corrected chi connectivity index (χ2v) is 7.24. The number of carbonyl (C=O) groups is 2. The highest BCUT2D eigenvalue weighted by molar-refractivity contribution is 5.98. The van der Waals surface area contributed by atoms with E-state index in [1.165, 1.54) is 12.8 Å². The summed E-state index contributed by atoms with van der Waals surface area (Å²) < 4.78 is 5.06. The van der Waals surface area contributed by atoms with Crippen LogP contribution in [0.4, 0.5) is 11.4 Å². The van der Waals surface area contributed by atoms with E-state index in [9.17, 15) is 9.59 Å². The molecule has 2 atom stereocenters. The van der Waals surface area contributed by atoms with Crippen LogP contribution in [-0.4, -0.2) is 37.1 Å². The van der Waals surface area contributed by atoms with Crippen LogP contribution in [0.15, 0.2) is 18.2 Å². The monoisotopic (exact) mass is 395 g/mol. The minimum absolute atomic E-state index is 0. The van der Waals surface area contributed by atoms with Crippen LogP contribution in [0.3, 0.4) is 0 Å². The SMILES string of the molecule is CCNc1ccc(C(=O)OCC)cc1NC(=O)CC1CC2CCC(C1)N2.Cl. The largest absolute Gasteiger partial charge is 0.462 e. The lowest BCUT2D eigenvalue weighted by atomic mass is 9.89. The van der Waals surface area contributed by atoms with E-state index in [0.29, 0.717) is 42.3 Å². The number of nitrogens with one attached hydrogen (secondary N) is 3. The zero-order valence-electron chi connectivity index (χ0n) is 16.0. The zero-order valence-corrected chi connectivity index (χ0v) is 16.9. The summed E-state index contributed by atoms with van der Waals surface area (Å²) in [5, 5.41) is 9.84. The minimum atomic E-state index is -0.374. The molecule has 1 aromatic rings. The number of benzene rings is 1. The molecule has 1 aromatic carbocycles. The standard InChI is InChI=1S/C20H29N3O3.ClH/c1-3-21-17-8-5-14(20(25)26-4-2)12-18(17)23-19(24)11-13-9-15-6-7-16(10-13)22-15;/h5,8,12-13,15-16,21-22H,3-4,6-7,9-11H2,1-2H3,(H,23,24);1H. The van der Waals surface area contributed by atoms with E-state index < -0.39 is 0 Å². The van der Waals surface area contributed by atoms with E-state index in [4.69, 9.17) is 4.74 Å². The third kappa shape index (κ3) is 5.59. The van der Waals surface area contributed by atoms with E-state index in [0.717, 1.165) is 25.1 Å². The third-order valence-corrected chi connectivity index (χ3v) is 5.22. The average molecular weight is 396 g/mol. The summed E-state index contributed by atoms with van der Waals surface area (Å²) in [4.78, 5) is 24.6. The fraction of sp³-hybridized carbons (Fsp3) is 0.600. The Bertz CT molecular complexity index is 656. The fourth-order valence-corrected chi connectivity index (χ4v) is 4.14. The Balaban J connectivity index is 0.00000261. The van der Waals surface area contributed by atoms with Crippen molar-refractivity contribution in [2.24, 2.45) is 5.92 Å². The number of carbonyl (C=O) groups excluding carboxylic acids is 2. The number of esters is 1. The Morgan fingerprint density at radius 3 is 2.48 bits per heavy atom. The number of halogens is 1. The fourth-order valence-electron chi connectivity index (χ4n) is 4.14. The highest BCUT2D eigenvalue weighted by Gasteiger charge is 2.34. The smallest absolute Gasteiger partial charge is 0.338 e. The van der Waals surface area contributed by atoms with Crippen LogP contribution in [0.2, 0.25) is 0 Å². The van der Waals surface area contributed by atoms with Gasteiger partial charge in [-0.05, 0) is 63.6 Å². The first-order chi connectivity index (χ1) is 12.6. The first-order valence-electron chi connectivity index (χ1n) is 9.70. The summed E-state index contributed by atoms with van der Waals surface area (Å²) in [5.41, 5.74) is 1.90. The summed E-state index contributed by atoms with van der Waals surface area (Å²) in [7, 11) is 0. The van der Waals surface area contributed by atoms with Crippen molar-refractivity contribution in [1.82, 2.24) is 5.32 Å². The molecule has 2 aliphatic rings. The number of piperidine rings is 1. The predicted octanol–water partition coefficient (Wildman–Crippen LogP) is 3.58. The first kappa shape index (κ1) is 21.5. The zero-order chi connectivity index (χ0) is 18.5. The van der Waals surface area contributed by atoms with Crippen LogP contribution in [-0.2, 0) is 9.53 Å². The Hall–Kier alpha value is -1.79. The maximum atomic E-state index is 12.6. The molecule has 2 saturated heterocycles. The second kappa shape index (κ2) is 9.95. The van der Waals surface area contributed by atoms with Gasteiger partial charge in [-0.15, -0.1) is 12.4 Å². The molecule has 7 heteroatoms. The van der Waals surface area contributed by atoms with Gasteiger partial charge in [0.25, 0.3) is 0 Å². The molecule has 3 N–H and O–H groups in total. The van der Waals surface area contributed by atoms with Gasteiger partial charge in [0.2, 0.25) is 5.91 Å². The summed E-state index contributed by atoms with van der Waals surface area (Å²) in [6.45, 7) is 4.84. The summed E-state index contributed by atoms with van der Waals surface area (Å²) in [6.07, 6.45) is 5.15. The quantitative estimate of drug-likeness (QED) is 0.615. The lowest BCUT2D eigenvalue weighted by Gasteiger charge is -2.28. The molecule has 2 unspecified atom stereocenters. The van der Waals surface area contributed by atoms with Gasteiger partial charge in [0.15, 0.2) is 0 Å². The molecule has 2 bridgehead atoms. The molecular formula is C20H30ClN3O3. The summed E-state index contributed by atoms with van der Waals surface area (Å²) >= 11 is 0. The molecule has 0 aromatic heterocycles. The molecule has 6 nitrogen and oxygen atoms in total. The van der Waals surface area contributed by atoms with Crippen LogP contribution < -0.4 is 16.0 Å². The number of amides is 1. The van der Waals surface area contributed by atoms with Gasteiger partial charge in [-0.3, -0.25) is 4.79 Å². The van der Waals surface area contributed by atoms with Gasteiger partial charge in [0, 0.05) is 25.0 Å². The lowest BCUT2D eigenvalue weighted by Crippen LogP contribution is -2.39. The molecule has 0 saturated carbocycles. The number of ether oxygens (including phenoxy) is 1. The van der Waals surface area contributed by atoms with Gasteiger partial charge in [0.05, 0.1) is 23.5 Å². The van der Waals surface area contributed by atoms with Crippen molar-refractivity contribution in [3.63, 3.8) is 0 Å². The molecule has 3 rings (SSSR count). The van der Waals surface area contributed by atoms with Crippen LogP contribution in [0.1, 0.15) is 56.3 Å². The minimum Gasteiger partial charge on any atom is -0.462 e. The van der Waals surface area contributed by atoms with E-state index in [2.05, 4.69) is 16.0 Å². The Morgan fingerprint density at radius 1 is 1.15 bits per heavy atom. The van der Waals surface area contributed by atoms with Crippen molar-refractivity contribution in [3.8, 4) is 0 Å². The van der Waals surface area contributed by atoms with Crippen molar-refractivity contribution in [1.29, 1.82) is 0 Å². The van der Waals surface area contributed by atoms with E-state index in [1.54, 1.807) is 19.1 Å². The average Bonchev–Trinajstić information content (AvgIpc) is 2.95. The van der Waals surface area contributed by atoms with Gasteiger partial charge >= 0.3 is 5.97 Å².